The first-order valence-electron chi connectivity index (χ1n) is 11.9. The van der Waals surface area contributed by atoms with Gasteiger partial charge in [-0.25, -0.2) is 9.97 Å². The number of aliphatic hydroxyl groups excluding tert-OH is 1. The van der Waals surface area contributed by atoms with Crippen molar-refractivity contribution < 1.29 is 9.90 Å². The number of hydrogen-bond donors (Lipinski definition) is 3. The number of fused-ring (bicyclic) bond motifs is 1. The zero-order valence-electron chi connectivity index (χ0n) is 19.1. The van der Waals surface area contributed by atoms with Gasteiger partial charge in [0.05, 0.1) is 18.8 Å². The summed E-state index contributed by atoms with van der Waals surface area (Å²) in [5.41, 5.74) is 5.72. The Kier molecular flexibility index (Phi) is 5.66. The van der Waals surface area contributed by atoms with E-state index >= 15 is 0 Å². The van der Waals surface area contributed by atoms with Gasteiger partial charge < -0.3 is 20.1 Å². The van der Waals surface area contributed by atoms with Crippen LogP contribution in [0.4, 0.5) is 11.5 Å². The molecule has 7 nitrogen and oxygen atoms in total. The van der Waals surface area contributed by atoms with Crippen LogP contribution in [0.25, 0.3) is 5.65 Å². The van der Waals surface area contributed by atoms with Crippen LogP contribution in [0.2, 0.25) is 5.02 Å². The van der Waals surface area contributed by atoms with Crippen LogP contribution in [0.1, 0.15) is 53.5 Å². The number of pyridine rings is 2. The smallest absolute Gasteiger partial charge is 0.229 e. The molecule has 2 saturated carbocycles. The molecular weight excluding hydrogens is 462 g/mol. The van der Waals surface area contributed by atoms with E-state index in [0.717, 1.165) is 34.6 Å². The first-order chi connectivity index (χ1) is 17.1. The number of amides is 1. The van der Waals surface area contributed by atoms with Crippen LogP contribution in [0, 0.1) is 5.92 Å². The van der Waals surface area contributed by atoms with Gasteiger partial charge in [-0.15, -0.1) is 0 Å². The zero-order chi connectivity index (χ0) is 23.9. The molecule has 3 heterocycles. The van der Waals surface area contributed by atoms with Crippen LogP contribution in [0.5, 0.6) is 0 Å². The maximum Gasteiger partial charge on any atom is 0.229 e. The number of nitrogens with one attached hydrogen (secondary N) is 2. The van der Waals surface area contributed by atoms with Crippen molar-refractivity contribution in [2.75, 3.05) is 10.6 Å². The van der Waals surface area contributed by atoms with Crippen molar-refractivity contribution in [2.24, 2.45) is 5.92 Å². The minimum atomic E-state index is -0.0638. The third-order valence-electron chi connectivity index (χ3n) is 6.81. The molecule has 2 aliphatic carbocycles. The predicted octanol–water partition coefficient (Wildman–Crippen LogP) is 5.11. The summed E-state index contributed by atoms with van der Waals surface area (Å²) in [6.45, 7) is 0.489. The molecule has 0 bridgehead atoms. The maximum atomic E-state index is 12.7. The first-order valence-corrected chi connectivity index (χ1v) is 12.3. The highest BCUT2D eigenvalue weighted by molar-refractivity contribution is 6.30. The second kappa shape index (κ2) is 8.98. The highest BCUT2D eigenvalue weighted by Gasteiger charge is 2.44. The highest BCUT2D eigenvalue weighted by atomic mass is 35.5. The van der Waals surface area contributed by atoms with Crippen molar-refractivity contribution in [1.29, 1.82) is 0 Å². The molecule has 0 unspecified atom stereocenters. The normalized spacial score (nSPS) is 19.0. The van der Waals surface area contributed by atoms with Gasteiger partial charge in [0.25, 0.3) is 0 Å². The lowest BCUT2D eigenvalue weighted by molar-refractivity contribution is -0.117. The van der Waals surface area contributed by atoms with Crippen molar-refractivity contribution in [2.45, 2.75) is 44.2 Å². The van der Waals surface area contributed by atoms with E-state index in [1.807, 2.05) is 47.0 Å². The van der Waals surface area contributed by atoms with Crippen LogP contribution in [0.3, 0.4) is 0 Å². The van der Waals surface area contributed by atoms with Gasteiger partial charge in [0.1, 0.15) is 11.5 Å². The molecule has 3 aromatic heterocycles. The van der Waals surface area contributed by atoms with Crippen molar-refractivity contribution in [3.8, 4) is 0 Å². The number of aromatic nitrogens is 3. The number of nitrogens with zero attached hydrogens (tertiary/aromatic N) is 3. The number of benzene rings is 1. The fourth-order valence-electron chi connectivity index (χ4n) is 4.70. The third-order valence-corrected chi connectivity index (χ3v) is 7.04. The molecule has 4 aromatic rings. The zero-order valence-corrected chi connectivity index (χ0v) is 19.9. The van der Waals surface area contributed by atoms with Crippen LogP contribution >= 0.6 is 11.6 Å². The number of aliphatic hydroxyl groups is 1. The summed E-state index contributed by atoms with van der Waals surface area (Å²) in [5.74, 6) is 1.24. The molecule has 6 rings (SSSR count). The largest absolute Gasteiger partial charge is 0.392 e. The van der Waals surface area contributed by atoms with Crippen LogP contribution < -0.4 is 10.6 Å². The Morgan fingerprint density at radius 2 is 2.03 bits per heavy atom. The molecular formula is C27H26ClN5O2. The molecule has 0 aliphatic heterocycles. The van der Waals surface area contributed by atoms with Crippen molar-refractivity contribution in [3.63, 3.8) is 0 Å². The highest BCUT2D eigenvalue weighted by Crippen LogP contribution is 2.48. The van der Waals surface area contributed by atoms with E-state index in [9.17, 15) is 9.90 Å². The molecule has 35 heavy (non-hydrogen) atoms. The van der Waals surface area contributed by atoms with Gasteiger partial charge in [0.2, 0.25) is 5.91 Å². The summed E-state index contributed by atoms with van der Waals surface area (Å²) in [6, 6.07) is 13.5. The Hall–Kier alpha value is -3.42. The SMILES string of the molecule is O=C(Nc1cc(NCc2cn3cc(C4CC4)cc(CO)c3n2)ccn1)[C@H]1C[C@@H]1c1cccc(Cl)c1. The quantitative estimate of drug-likeness (QED) is 0.321. The summed E-state index contributed by atoms with van der Waals surface area (Å²) in [4.78, 5) is 21.8. The van der Waals surface area contributed by atoms with E-state index in [4.69, 9.17) is 16.6 Å². The second-order valence-corrected chi connectivity index (χ2v) is 9.91. The Balaban J connectivity index is 1.10. The number of anilines is 2. The van der Waals surface area contributed by atoms with E-state index < -0.39 is 0 Å². The van der Waals surface area contributed by atoms with E-state index in [2.05, 4.69) is 27.9 Å². The summed E-state index contributed by atoms with van der Waals surface area (Å²) in [7, 11) is 0. The average Bonchev–Trinajstić information content (AvgIpc) is 3.78. The van der Waals surface area contributed by atoms with E-state index in [1.54, 1.807) is 6.20 Å². The Bertz CT molecular complexity index is 1410. The van der Waals surface area contributed by atoms with Crippen LogP contribution in [0.15, 0.2) is 61.1 Å². The molecule has 0 saturated heterocycles. The molecule has 3 N–H and O–H groups in total. The Morgan fingerprint density at radius 1 is 1.14 bits per heavy atom. The Morgan fingerprint density at radius 3 is 2.83 bits per heavy atom. The standard InChI is InChI=1S/C27H26ClN5O2/c28-20-3-1-2-17(9-20)23-11-24(23)27(35)32-25-10-21(6-7-29-25)30-12-22-14-33-13-18(16-4-5-16)8-19(15-34)26(33)31-22/h1-3,6-10,13-14,16,23-24,34H,4-5,11-12,15H2,(H2,29,30,32,35)/t23-,24+/m1/s1. The molecule has 2 aliphatic rings. The van der Waals surface area contributed by atoms with Crippen molar-refractivity contribution >= 4 is 34.7 Å². The van der Waals surface area contributed by atoms with Gasteiger partial charge in [-0.2, -0.15) is 0 Å². The molecule has 0 radical (unpaired) electrons. The maximum absolute atomic E-state index is 12.7. The van der Waals surface area contributed by atoms with Crippen LogP contribution in [-0.2, 0) is 17.9 Å². The number of hydrogen-bond acceptors (Lipinski definition) is 5. The summed E-state index contributed by atoms with van der Waals surface area (Å²) >= 11 is 6.09. The summed E-state index contributed by atoms with van der Waals surface area (Å²) < 4.78 is 2.01. The van der Waals surface area contributed by atoms with Crippen molar-refractivity contribution in [1.82, 2.24) is 14.4 Å². The third kappa shape index (κ3) is 4.74. The molecule has 1 aromatic carbocycles. The monoisotopic (exact) mass is 487 g/mol. The van der Waals surface area contributed by atoms with Gasteiger partial charge in [-0.1, -0.05) is 23.7 Å². The minimum absolute atomic E-state index is 0.0250. The number of imidazole rings is 1. The summed E-state index contributed by atoms with van der Waals surface area (Å²) in [5, 5.41) is 16.8. The summed E-state index contributed by atoms with van der Waals surface area (Å²) in [6.07, 6.45) is 9.04. The predicted molar refractivity (Wildman–Crippen MR) is 136 cm³/mol. The van der Waals surface area contributed by atoms with Crippen LogP contribution in [-0.4, -0.2) is 25.4 Å². The number of carbonyl (C=O) groups excluding carboxylic acids is 1. The fourth-order valence-corrected chi connectivity index (χ4v) is 4.89. The lowest BCUT2D eigenvalue weighted by Crippen LogP contribution is -2.15. The van der Waals surface area contributed by atoms with Gasteiger partial charge in [0.15, 0.2) is 0 Å². The van der Waals surface area contributed by atoms with Gasteiger partial charge >= 0.3 is 0 Å². The lowest BCUT2D eigenvalue weighted by Gasteiger charge is -2.08. The molecule has 2 atom stereocenters. The van der Waals surface area contributed by atoms with Gasteiger partial charge in [-0.3, -0.25) is 4.79 Å². The topological polar surface area (TPSA) is 91.6 Å². The Labute approximate surface area is 208 Å². The molecule has 178 valence electrons. The number of halogens is 1. The van der Waals surface area contributed by atoms with E-state index in [0.29, 0.717) is 23.3 Å². The molecule has 2 fully saturated rings. The number of carbonyl (C=O) groups is 1. The number of rotatable bonds is 8. The van der Waals surface area contributed by atoms with E-state index in [1.165, 1.54) is 18.4 Å². The first kappa shape index (κ1) is 22.1. The molecule has 1 amide bonds. The average molecular weight is 488 g/mol. The lowest BCUT2D eigenvalue weighted by atomic mass is 10.1. The second-order valence-electron chi connectivity index (χ2n) is 9.47. The van der Waals surface area contributed by atoms with Gasteiger partial charge in [0, 0.05) is 46.8 Å². The van der Waals surface area contributed by atoms with Gasteiger partial charge in [-0.05, 0) is 66.5 Å². The van der Waals surface area contributed by atoms with Crippen molar-refractivity contribution in [3.05, 3.63) is 88.5 Å². The fraction of sp³-hybridized carbons (Fsp3) is 0.296. The minimum Gasteiger partial charge on any atom is -0.392 e. The molecule has 8 heteroatoms. The molecule has 0 spiro atoms. The van der Waals surface area contributed by atoms with E-state index in [-0.39, 0.29) is 24.3 Å².